The molecule has 17 nitrogen and oxygen atoms in total. The second kappa shape index (κ2) is 12.0. The number of phenols is 2. The number of carbonyl (C=O) groups excluding carboxylic acids is 1. The lowest BCUT2D eigenvalue weighted by Gasteiger charge is -2.35. The standard InChI is InChI=1S/C35H26N4O13S4/c1-17-21-11-15-25(53(43,44)38(21)23-7-3-5-19-9-13-27(55(47,48)49)33(40)29(19)23)31(17)36-35(42)37-32-18(2)22-12-16-26(32)54(45,46)39(22)24-8-4-6-20-10-14-28(56(50,51)52)34(41)30(20)24/h3-16,40-41H,1-2H3,(H2,36,37,42)(H,47,48,49)(H,50,51,52). The third-order valence-electron chi connectivity index (χ3n) is 9.66. The molecule has 56 heavy (non-hydrogen) atoms. The van der Waals surface area contributed by atoms with E-state index in [0.29, 0.717) is 0 Å². The Morgan fingerprint density at radius 3 is 1.29 bits per heavy atom. The van der Waals surface area contributed by atoms with E-state index < -0.39 is 67.6 Å². The van der Waals surface area contributed by atoms with Gasteiger partial charge in [0.1, 0.15) is 31.1 Å². The van der Waals surface area contributed by atoms with Crippen molar-refractivity contribution in [3.8, 4) is 11.5 Å². The Morgan fingerprint density at radius 1 is 0.554 bits per heavy atom. The van der Waals surface area contributed by atoms with Crippen LogP contribution in [0.15, 0.2) is 105 Å². The summed E-state index contributed by atoms with van der Waals surface area (Å²) in [7, 11) is -18.9. The SMILES string of the molecule is Cc1c2ccc(c1NC(=O)Nc1c3ccc(c1C)N(c1cccc4ccc(S(=O)(=O)O)c(O)c14)S3(=O)=O)S(=O)(=O)N2c1cccc2ccc(S(=O)(=O)O)c(O)c12. The zero-order chi connectivity index (χ0) is 40.4. The summed E-state index contributed by atoms with van der Waals surface area (Å²) in [6, 6.07) is 17.5. The fraction of sp³-hybridized carbons (Fsp3) is 0.0571. The summed E-state index contributed by atoms with van der Waals surface area (Å²) in [5.74, 6) is -1.76. The van der Waals surface area contributed by atoms with Crippen LogP contribution in [0, 0.1) is 13.8 Å². The molecule has 0 atom stereocenters. The number of urea groups is 1. The van der Waals surface area contributed by atoms with Gasteiger partial charge in [-0.2, -0.15) is 16.8 Å². The zero-order valence-electron chi connectivity index (χ0n) is 28.6. The first-order chi connectivity index (χ1) is 26.2. The summed E-state index contributed by atoms with van der Waals surface area (Å²) in [6.07, 6.45) is 0. The summed E-state index contributed by atoms with van der Waals surface area (Å²) in [5, 5.41) is 27.0. The third kappa shape index (κ3) is 5.27. The van der Waals surface area contributed by atoms with Crippen LogP contribution < -0.4 is 19.2 Å². The van der Waals surface area contributed by atoms with E-state index in [9.17, 15) is 57.8 Å². The van der Waals surface area contributed by atoms with Crippen LogP contribution in [-0.4, -0.2) is 59.0 Å². The Bertz CT molecular complexity index is 3050. The molecule has 4 aliphatic heterocycles. The maximum absolute atomic E-state index is 14.1. The number of phenolic OH excluding ortho intramolecular Hbond substituents is 2. The van der Waals surface area contributed by atoms with Crippen LogP contribution >= 0.6 is 0 Å². The normalized spacial score (nSPS) is 15.4. The van der Waals surface area contributed by atoms with E-state index in [1.54, 1.807) is 0 Å². The molecular weight excluding hydrogens is 813 g/mol. The molecule has 0 fully saturated rings. The molecule has 0 radical (unpaired) electrons. The smallest absolute Gasteiger partial charge is 0.323 e. The van der Waals surface area contributed by atoms with Crippen LogP contribution in [0.1, 0.15) is 11.1 Å². The Morgan fingerprint density at radius 2 is 0.929 bits per heavy atom. The quantitative estimate of drug-likeness (QED) is 0.108. The molecule has 21 heteroatoms. The predicted octanol–water partition coefficient (Wildman–Crippen LogP) is 5.84. The van der Waals surface area contributed by atoms with Crippen molar-refractivity contribution in [3.63, 3.8) is 0 Å². The highest BCUT2D eigenvalue weighted by Gasteiger charge is 2.41. The van der Waals surface area contributed by atoms with E-state index in [0.717, 1.165) is 20.7 Å². The maximum atomic E-state index is 14.1. The minimum absolute atomic E-state index is 0.0214. The van der Waals surface area contributed by atoms with Crippen LogP contribution in [0.25, 0.3) is 21.5 Å². The molecular formula is C35H26N4O13S4. The van der Waals surface area contributed by atoms with Gasteiger partial charge in [0, 0.05) is 10.8 Å². The van der Waals surface area contributed by atoms with E-state index in [-0.39, 0.29) is 76.6 Å². The number of amides is 2. The van der Waals surface area contributed by atoms with Gasteiger partial charge < -0.3 is 20.8 Å². The monoisotopic (exact) mass is 838 g/mol. The first-order valence-corrected chi connectivity index (χ1v) is 21.8. The van der Waals surface area contributed by atoms with Crippen LogP contribution in [0.4, 0.5) is 38.9 Å². The van der Waals surface area contributed by atoms with Crippen molar-refractivity contribution in [2.24, 2.45) is 0 Å². The summed E-state index contributed by atoms with van der Waals surface area (Å²) >= 11 is 0. The molecule has 288 valence electrons. The molecule has 6 aromatic rings. The van der Waals surface area contributed by atoms with Crippen LogP contribution in [-0.2, 0) is 40.3 Å². The molecule has 2 amide bonds. The molecule has 4 heterocycles. The number of nitrogens with one attached hydrogen (secondary N) is 2. The van der Waals surface area contributed by atoms with E-state index in [4.69, 9.17) is 0 Å². The largest absolute Gasteiger partial charge is 0.506 e. The van der Waals surface area contributed by atoms with Crippen molar-refractivity contribution < 1.29 is 57.8 Å². The number of rotatable bonds is 6. The molecule has 10 rings (SSSR count). The van der Waals surface area contributed by atoms with Crippen molar-refractivity contribution >= 4 is 102 Å². The van der Waals surface area contributed by atoms with Crippen LogP contribution in [0.3, 0.4) is 0 Å². The topological polar surface area (TPSA) is 265 Å². The van der Waals surface area contributed by atoms with Gasteiger partial charge in [0.05, 0.1) is 34.1 Å². The number of sulfonamides is 2. The first kappa shape index (κ1) is 37.0. The molecule has 0 saturated carbocycles. The first-order valence-electron chi connectivity index (χ1n) is 16.1. The number of hydrogen-bond donors (Lipinski definition) is 6. The number of fused-ring (bicyclic) bond motifs is 8. The van der Waals surface area contributed by atoms with Crippen molar-refractivity contribution in [2.45, 2.75) is 33.4 Å². The van der Waals surface area contributed by atoms with E-state index in [2.05, 4.69) is 10.6 Å². The molecule has 4 bridgehead atoms. The lowest BCUT2D eigenvalue weighted by Crippen LogP contribution is -2.35. The van der Waals surface area contributed by atoms with Gasteiger partial charge in [-0.15, -0.1) is 0 Å². The molecule has 0 aromatic heterocycles. The average molecular weight is 839 g/mol. The minimum Gasteiger partial charge on any atom is -0.506 e. The van der Waals surface area contributed by atoms with Crippen LogP contribution in [0.2, 0.25) is 0 Å². The van der Waals surface area contributed by atoms with Gasteiger partial charge in [-0.3, -0.25) is 9.11 Å². The average Bonchev–Trinajstić information content (AvgIpc) is 3.10. The Labute approximate surface area is 318 Å². The van der Waals surface area contributed by atoms with Crippen molar-refractivity contribution in [3.05, 3.63) is 96.1 Å². The number of hydrogen-bond acceptors (Lipinski definition) is 11. The summed E-state index contributed by atoms with van der Waals surface area (Å²) in [5.41, 5.74) is -0.102. The van der Waals surface area contributed by atoms with E-state index in [1.807, 2.05) is 0 Å². The second-order valence-corrected chi connectivity index (χ2v) is 19.1. The van der Waals surface area contributed by atoms with Gasteiger partial charge in [-0.05, 0) is 84.3 Å². The summed E-state index contributed by atoms with van der Waals surface area (Å²) < 4.78 is 125. The molecule has 6 N–H and O–H groups in total. The predicted molar refractivity (Wildman–Crippen MR) is 205 cm³/mol. The van der Waals surface area contributed by atoms with E-state index in [1.165, 1.54) is 86.6 Å². The highest BCUT2D eigenvalue weighted by Crippen LogP contribution is 2.51. The Kier molecular flexibility index (Phi) is 7.93. The highest BCUT2D eigenvalue weighted by atomic mass is 32.2. The number of carbonyl (C=O) groups is 1. The van der Waals surface area contributed by atoms with Crippen LogP contribution in [0.5, 0.6) is 11.5 Å². The number of nitrogens with zero attached hydrogens (tertiary/aromatic N) is 2. The van der Waals surface area contributed by atoms with E-state index >= 15 is 0 Å². The number of aromatic hydroxyl groups is 2. The molecule has 4 aliphatic rings. The molecule has 0 aliphatic carbocycles. The lowest BCUT2D eigenvalue weighted by molar-refractivity contribution is 0.262. The maximum Gasteiger partial charge on any atom is 0.323 e. The van der Waals surface area contributed by atoms with Gasteiger partial charge in [0.15, 0.2) is 0 Å². The minimum atomic E-state index is -4.90. The zero-order valence-corrected chi connectivity index (χ0v) is 31.8. The van der Waals surface area contributed by atoms with Gasteiger partial charge in [0.2, 0.25) is 0 Å². The van der Waals surface area contributed by atoms with Gasteiger partial charge >= 0.3 is 6.03 Å². The van der Waals surface area contributed by atoms with Crippen molar-refractivity contribution in [1.29, 1.82) is 0 Å². The fourth-order valence-electron chi connectivity index (χ4n) is 7.16. The Balaban J connectivity index is 1.17. The van der Waals surface area contributed by atoms with Gasteiger partial charge in [0.25, 0.3) is 40.3 Å². The molecule has 0 saturated heterocycles. The number of benzene rings is 6. The number of anilines is 6. The molecule has 6 aromatic carbocycles. The molecule has 0 unspecified atom stereocenters. The van der Waals surface area contributed by atoms with Gasteiger partial charge in [-0.25, -0.2) is 30.2 Å². The van der Waals surface area contributed by atoms with Gasteiger partial charge in [-0.1, -0.05) is 36.4 Å². The molecule has 0 spiro atoms. The Hall–Kier alpha value is -5.97. The fourth-order valence-corrected chi connectivity index (χ4v) is 11.9. The summed E-state index contributed by atoms with van der Waals surface area (Å²) in [6.45, 7) is 3.00. The third-order valence-corrected chi connectivity index (χ3v) is 15.0. The lowest BCUT2D eigenvalue weighted by atomic mass is 10.1. The van der Waals surface area contributed by atoms with Crippen molar-refractivity contribution in [1.82, 2.24) is 0 Å². The summed E-state index contributed by atoms with van der Waals surface area (Å²) in [4.78, 5) is 11.2. The van der Waals surface area contributed by atoms with Crippen molar-refractivity contribution in [2.75, 3.05) is 19.2 Å². The highest BCUT2D eigenvalue weighted by molar-refractivity contribution is 7.94. The second-order valence-electron chi connectivity index (χ2n) is 12.8.